The molecule has 0 spiro atoms. The quantitative estimate of drug-likeness (QED) is 0.846. The van der Waals surface area contributed by atoms with Gasteiger partial charge in [-0.15, -0.1) is 0 Å². The second-order valence-corrected chi connectivity index (χ2v) is 6.28. The summed E-state index contributed by atoms with van der Waals surface area (Å²) in [6.07, 6.45) is 4.75. The van der Waals surface area contributed by atoms with Crippen LogP contribution in [-0.4, -0.2) is 11.9 Å². The minimum atomic E-state index is 0.0716. The predicted molar refractivity (Wildman–Crippen MR) is 74.9 cm³/mol. The molecule has 1 amide bonds. The van der Waals surface area contributed by atoms with Crippen LogP contribution in [0.3, 0.4) is 0 Å². The number of rotatable bonds is 2. The molecule has 0 saturated heterocycles. The van der Waals surface area contributed by atoms with Crippen LogP contribution in [0.15, 0.2) is 24.3 Å². The molecule has 0 unspecified atom stereocenters. The van der Waals surface area contributed by atoms with Gasteiger partial charge in [0.25, 0.3) is 5.91 Å². The maximum absolute atomic E-state index is 12.1. The number of carbonyl (C=O) groups excluding carboxylic acids is 1. The van der Waals surface area contributed by atoms with Crippen molar-refractivity contribution in [3.63, 3.8) is 0 Å². The molecule has 0 heterocycles. The number of carbonyl (C=O) groups is 1. The molecule has 1 aromatic rings. The van der Waals surface area contributed by atoms with E-state index in [-0.39, 0.29) is 11.3 Å². The molecular formula is C16H23NO. The van der Waals surface area contributed by atoms with Crippen molar-refractivity contribution in [2.75, 3.05) is 0 Å². The first-order valence-electron chi connectivity index (χ1n) is 6.88. The smallest absolute Gasteiger partial charge is 0.251 e. The first-order chi connectivity index (χ1) is 8.47. The molecule has 0 bridgehead atoms. The Bertz CT molecular complexity index is 408. The number of benzene rings is 1. The Balaban J connectivity index is 2.02. The lowest BCUT2D eigenvalue weighted by Gasteiger charge is -2.19. The van der Waals surface area contributed by atoms with Crippen LogP contribution in [0.1, 0.15) is 62.4 Å². The highest BCUT2D eigenvalue weighted by Crippen LogP contribution is 2.22. The van der Waals surface area contributed by atoms with Gasteiger partial charge in [0, 0.05) is 11.6 Å². The van der Waals surface area contributed by atoms with Gasteiger partial charge in [0.05, 0.1) is 0 Å². The van der Waals surface area contributed by atoms with Crippen LogP contribution in [0.25, 0.3) is 0 Å². The molecule has 0 aromatic heterocycles. The summed E-state index contributed by atoms with van der Waals surface area (Å²) in [6, 6.07) is 8.38. The molecular weight excluding hydrogens is 222 g/mol. The molecule has 1 saturated carbocycles. The minimum absolute atomic E-state index is 0.0716. The molecule has 2 nitrogen and oxygen atoms in total. The van der Waals surface area contributed by atoms with Crippen LogP contribution in [0.4, 0.5) is 0 Å². The van der Waals surface area contributed by atoms with E-state index in [4.69, 9.17) is 0 Å². The summed E-state index contributed by atoms with van der Waals surface area (Å²) in [5.74, 6) is 0.0716. The lowest BCUT2D eigenvalue weighted by atomic mass is 9.86. The van der Waals surface area contributed by atoms with Crippen LogP contribution < -0.4 is 5.32 Å². The van der Waals surface area contributed by atoms with Crippen molar-refractivity contribution in [1.82, 2.24) is 5.32 Å². The van der Waals surface area contributed by atoms with Crippen molar-refractivity contribution < 1.29 is 4.79 Å². The van der Waals surface area contributed by atoms with Gasteiger partial charge < -0.3 is 5.32 Å². The summed E-state index contributed by atoms with van der Waals surface area (Å²) in [5, 5.41) is 3.11. The number of hydrogen-bond acceptors (Lipinski definition) is 1. The van der Waals surface area contributed by atoms with E-state index in [0.29, 0.717) is 6.04 Å². The van der Waals surface area contributed by atoms with Crippen molar-refractivity contribution in [3.8, 4) is 0 Å². The molecule has 18 heavy (non-hydrogen) atoms. The second kappa shape index (κ2) is 5.13. The fourth-order valence-electron chi connectivity index (χ4n) is 2.46. The standard InChI is InChI=1S/C16H23NO/c1-16(2,3)13-10-8-12(9-11-13)15(18)17-14-6-4-5-7-14/h8-11,14H,4-7H2,1-3H3,(H,17,18). The van der Waals surface area contributed by atoms with E-state index in [1.807, 2.05) is 12.1 Å². The largest absolute Gasteiger partial charge is 0.349 e. The van der Waals surface area contributed by atoms with Gasteiger partial charge in [-0.1, -0.05) is 45.7 Å². The fourth-order valence-corrected chi connectivity index (χ4v) is 2.46. The molecule has 1 aliphatic carbocycles. The average molecular weight is 245 g/mol. The summed E-state index contributed by atoms with van der Waals surface area (Å²) in [5.41, 5.74) is 2.18. The van der Waals surface area contributed by atoms with Gasteiger partial charge in [0.15, 0.2) is 0 Å². The molecule has 1 fully saturated rings. The second-order valence-electron chi connectivity index (χ2n) is 6.28. The third kappa shape index (κ3) is 3.12. The van der Waals surface area contributed by atoms with Crippen molar-refractivity contribution >= 4 is 5.91 Å². The summed E-state index contributed by atoms with van der Waals surface area (Å²) in [6.45, 7) is 6.54. The lowest BCUT2D eigenvalue weighted by Crippen LogP contribution is -2.32. The topological polar surface area (TPSA) is 29.1 Å². The van der Waals surface area contributed by atoms with E-state index in [9.17, 15) is 4.79 Å². The average Bonchev–Trinajstić information content (AvgIpc) is 2.81. The molecule has 0 aliphatic heterocycles. The Morgan fingerprint density at radius 1 is 1.11 bits per heavy atom. The molecule has 1 N–H and O–H groups in total. The van der Waals surface area contributed by atoms with E-state index in [2.05, 4.69) is 38.2 Å². The van der Waals surface area contributed by atoms with Crippen LogP contribution >= 0.6 is 0 Å². The minimum Gasteiger partial charge on any atom is -0.349 e. The van der Waals surface area contributed by atoms with Gasteiger partial charge in [-0.3, -0.25) is 4.79 Å². The Labute approximate surface area is 110 Å². The van der Waals surface area contributed by atoms with Gasteiger partial charge >= 0.3 is 0 Å². The number of hydrogen-bond donors (Lipinski definition) is 1. The maximum atomic E-state index is 12.1. The maximum Gasteiger partial charge on any atom is 0.251 e. The molecule has 0 radical (unpaired) electrons. The third-order valence-corrected chi connectivity index (χ3v) is 3.70. The summed E-state index contributed by atoms with van der Waals surface area (Å²) in [4.78, 5) is 12.1. The summed E-state index contributed by atoms with van der Waals surface area (Å²) < 4.78 is 0. The Morgan fingerprint density at radius 3 is 2.17 bits per heavy atom. The van der Waals surface area contributed by atoms with Crippen LogP contribution in [0.5, 0.6) is 0 Å². The molecule has 1 aromatic carbocycles. The lowest BCUT2D eigenvalue weighted by molar-refractivity contribution is 0.0938. The third-order valence-electron chi connectivity index (χ3n) is 3.70. The van der Waals surface area contributed by atoms with Crippen LogP contribution in [0.2, 0.25) is 0 Å². The zero-order valence-electron chi connectivity index (χ0n) is 11.6. The summed E-state index contributed by atoms with van der Waals surface area (Å²) >= 11 is 0. The monoisotopic (exact) mass is 245 g/mol. The molecule has 2 rings (SSSR count). The van der Waals surface area contributed by atoms with Gasteiger partial charge in [0.1, 0.15) is 0 Å². The van der Waals surface area contributed by atoms with Crippen LogP contribution in [-0.2, 0) is 5.41 Å². The van der Waals surface area contributed by atoms with E-state index >= 15 is 0 Å². The van der Waals surface area contributed by atoms with E-state index in [1.54, 1.807) is 0 Å². The first kappa shape index (κ1) is 13.1. The normalized spacial score (nSPS) is 16.8. The SMILES string of the molecule is CC(C)(C)c1ccc(C(=O)NC2CCCC2)cc1. The van der Waals surface area contributed by atoms with Gasteiger partial charge in [-0.2, -0.15) is 0 Å². The zero-order chi connectivity index (χ0) is 13.2. The summed E-state index contributed by atoms with van der Waals surface area (Å²) in [7, 11) is 0. The Hall–Kier alpha value is -1.31. The van der Waals surface area contributed by atoms with Gasteiger partial charge in [-0.25, -0.2) is 0 Å². The number of amides is 1. The Morgan fingerprint density at radius 2 is 1.67 bits per heavy atom. The first-order valence-corrected chi connectivity index (χ1v) is 6.88. The molecule has 2 heteroatoms. The van der Waals surface area contributed by atoms with E-state index in [1.165, 1.54) is 18.4 Å². The van der Waals surface area contributed by atoms with E-state index < -0.39 is 0 Å². The molecule has 0 atom stereocenters. The predicted octanol–water partition coefficient (Wildman–Crippen LogP) is 3.66. The highest BCUT2D eigenvalue weighted by molar-refractivity contribution is 5.94. The van der Waals surface area contributed by atoms with Crippen molar-refractivity contribution in [2.24, 2.45) is 0 Å². The fraction of sp³-hybridized carbons (Fsp3) is 0.562. The van der Waals surface area contributed by atoms with Gasteiger partial charge in [-0.05, 0) is 36.0 Å². The van der Waals surface area contributed by atoms with Gasteiger partial charge in [0.2, 0.25) is 0 Å². The molecule has 1 aliphatic rings. The van der Waals surface area contributed by atoms with E-state index in [0.717, 1.165) is 18.4 Å². The van der Waals surface area contributed by atoms with Crippen LogP contribution in [0, 0.1) is 0 Å². The van der Waals surface area contributed by atoms with Crippen molar-refractivity contribution in [2.45, 2.75) is 57.9 Å². The highest BCUT2D eigenvalue weighted by atomic mass is 16.1. The number of nitrogens with one attached hydrogen (secondary N) is 1. The zero-order valence-corrected chi connectivity index (χ0v) is 11.6. The molecule has 98 valence electrons. The Kier molecular flexibility index (Phi) is 3.74. The highest BCUT2D eigenvalue weighted by Gasteiger charge is 2.18. The van der Waals surface area contributed by atoms with Crippen molar-refractivity contribution in [3.05, 3.63) is 35.4 Å². The van der Waals surface area contributed by atoms with Crippen molar-refractivity contribution in [1.29, 1.82) is 0 Å².